The van der Waals surface area contributed by atoms with E-state index in [1.165, 1.54) is 0 Å². The minimum Gasteiger partial charge on any atom is -0.436 e. The van der Waals surface area contributed by atoms with E-state index < -0.39 is 0 Å². The van der Waals surface area contributed by atoms with Gasteiger partial charge in [0.2, 0.25) is 5.76 Å². The van der Waals surface area contributed by atoms with Crippen LogP contribution in [0.2, 0.25) is 0 Å². The lowest BCUT2D eigenvalue weighted by atomic mass is 10.0. The van der Waals surface area contributed by atoms with Gasteiger partial charge in [-0.05, 0) is 19.8 Å². The van der Waals surface area contributed by atoms with Crippen LogP contribution in [0.3, 0.4) is 0 Å². The van der Waals surface area contributed by atoms with E-state index in [2.05, 4.69) is 15.5 Å². The first-order valence-electron chi connectivity index (χ1n) is 6.25. The molecule has 104 valence electrons. The van der Waals surface area contributed by atoms with E-state index >= 15 is 0 Å². The molecule has 0 bridgehead atoms. The first-order valence-corrected chi connectivity index (χ1v) is 6.25. The SMILES string of the molecule is Cc1nc(C)c(C(=O)NC2CCCC2C(N)=NO)o1. The van der Waals surface area contributed by atoms with Crippen molar-refractivity contribution in [3.63, 3.8) is 0 Å². The van der Waals surface area contributed by atoms with E-state index in [0.29, 0.717) is 11.6 Å². The second-order valence-electron chi connectivity index (χ2n) is 4.79. The van der Waals surface area contributed by atoms with Crippen LogP contribution in [-0.4, -0.2) is 28.0 Å². The highest BCUT2D eigenvalue weighted by Gasteiger charge is 2.32. The summed E-state index contributed by atoms with van der Waals surface area (Å²) in [4.78, 5) is 16.2. The number of aromatic nitrogens is 1. The van der Waals surface area contributed by atoms with Crippen molar-refractivity contribution in [3.05, 3.63) is 17.3 Å². The van der Waals surface area contributed by atoms with Crippen molar-refractivity contribution in [2.75, 3.05) is 0 Å². The molecule has 19 heavy (non-hydrogen) atoms. The molecule has 1 aromatic heterocycles. The Bertz CT molecular complexity index is 509. The molecule has 1 aliphatic carbocycles. The highest BCUT2D eigenvalue weighted by molar-refractivity contribution is 5.93. The molecule has 0 radical (unpaired) electrons. The fourth-order valence-electron chi connectivity index (χ4n) is 2.54. The second-order valence-corrected chi connectivity index (χ2v) is 4.79. The standard InChI is InChI=1S/C12H18N4O3/c1-6-10(19-7(2)14-6)12(17)15-9-5-3-4-8(9)11(13)16-18/h8-9,18H,3-5H2,1-2H3,(H2,13,16)(H,15,17). The molecule has 0 aliphatic heterocycles. The third-order valence-corrected chi connectivity index (χ3v) is 3.44. The van der Waals surface area contributed by atoms with Gasteiger partial charge in [0.05, 0.1) is 5.69 Å². The van der Waals surface area contributed by atoms with Crippen LogP contribution < -0.4 is 11.1 Å². The molecule has 0 spiro atoms. The highest BCUT2D eigenvalue weighted by Crippen LogP contribution is 2.26. The Kier molecular flexibility index (Phi) is 3.73. The van der Waals surface area contributed by atoms with Crippen molar-refractivity contribution in [1.29, 1.82) is 0 Å². The lowest BCUT2D eigenvalue weighted by molar-refractivity contribution is 0.0903. The molecule has 1 aliphatic rings. The predicted octanol–water partition coefficient (Wildman–Crippen LogP) is 0.936. The summed E-state index contributed by atoms with van der Waals surface area (Å²) in [6.45, 7) is 3.42. The van der Waals surface area contributed by atoms with Crippen LogP contribution in [0.5, 0.6) is 0 Å². The fourth-order valence-corrected chi connectivity index (χ4v) is 2.54. The van der Waals surface area contributed by atoms with Gasteiger partial charge in [0.25, 0.3) is 5.91 Å². The third-order valence-electron chi connectivity index (χ3n) is 3.44. The van der Waals surface area contributed by atoms with Crippen molar-refractivity contribution in [3.8, 4) is 0 Å². The fraction of sp³-hybridized carbons (Fsp3) is 0.583. The van der Waals surface area contributed by atoms with E-state index in [9.17, 15) is 4.79 Å². The molecule has 1 heterocycles. The van der Waals surface area contributed by atoms with E-state index in [-0.39, 0.29) is 29.5 Å². The minimum atomic E-state index is -0.305. The van der Waals surface area contributed by atoms with Crippen LogP contribution in [0.25, 0.3) is 0 Å². The molecule has 2 atom stereocenters. The monoisotopic (exact) mass is 266 g/mol. The molecule has 1 aromatic rings. The summed E-state index contributed by atoms with van der Waals surface area (Å²) < 4.78 is 5.27. The zero-order valence-corrected chi connectivity index (χ0v) is 11.0. The molecule has 2 rings (SSSR count). The summed E-state index contributed by atoms with van der Waals surface area (Å²) in [6.07, 6.45) is 2.54. The molecular formula is C12H18N4O3. The number of rotatable bonds is 3. The van der Waals surface area contributed by atoms with Crippen molar-refractivity contribution in [2.24, 2.45) is 16.8 Å². The molecule has 1 saturated carbocycles. The Morgan fingerprint density at radius 1 is 1.53 bits per heavy atom. The van der Waals surface area contributed by atoms with Crippen LogP contribution in [0, 0.1) is 19.8 Å². The van der Waals surface area contributed by atoms with E-state index in [4.69, 9.17) is 15.4 Å². The van der Waals surface area contributed by atoms with Crippen LogP contribution >= 0.6 is 0 Å². The van der Waals surface area contributed by atoms with Crippen LogP contribution in [0.15, 0.2) is 9.57 Å². The number of aryl methyl sites for hydroxylation is 2. The number of hydrogen-bond donors (Lipinski definition) is 3. The minimum absolute atomic E-state index is 0.127. The summed E-state index contributed by atoms with van der Waals surface area (Å²) in [5.74, 6) is 0.414. The lowest BCUT2D eigenvalue weighted by Crippen LogP contribution is -2.42. The van der Waals surface area contributed by atoms with Gasteiger partial charge in [-0.2, -0.15) is 0 Å². The zero-order valence-electron chi connectivity index (χ0n) is 11.0. The van der Waals surface area contributed by atoms with Gasteiger partial charge in [-0.25, -0.2) is 4.98 Å². The number of amides is 1. The molecule has 0 saturated heterocycles. The van der Waals surface area contributed by atoms with Gasteiger partial charge < -0.3 is 20.7 Å². The maximum absolute atomic E-state index is 12.1. The van der Waals surface area contributed by atoms with Gasteiger partial charge in [-0.1, -0.05) is 11.6 Å². The maximum atomic E-state index is 12.1. The largest absolute Gasteiger partial charge is 0.436 e. The first kappa shape index (κ1) is 13.4. The van der Waals surface area contributed by atoms with Crippen molar-refractivity contribution in [2.45, 2.75) is 39.2 Å². The van der Waals surface area contributed by atoms with Gasteiger partial charge in [-0.3, -0.25) is 4.79 Å². The lowest BCUT2D eigenvalue weighted by Gasteiger charge is -2.19. The quantitative estimate of drug-likeness (QED) is 0.326. The summed E-state index contributed by atoms with van der Waals surface area (Å²) in [5.41, 5.74) is 6.19. The van der Waals surface area contributed by atoms with Gasteiger partial charge in [0.15, 0.2) is 5.89 Å². The zero-order chi connectivity index (χ0) is 14.0. The average Bonchev–Trinajstić information content (AvgIpc) is 2.95. The highest BCUT2D eigenvalue weighted by atomic mass is 16.4. The molecule has 0 aromatic carbocycles. The van der Waals surface area contributed by atoms with Gasteiger partial charge in [-0.15, -0.1) is 0 Å². The Balaban J connectivity index is 2.08. The number of oxazole rings is 1. The summed E-state index contributed by atoms with van der Waals surface area (Å²) in [7, 11) is 0. The molecule has 1 amide bonds. The second kappa shape index (κ2) is 5.29. The number of nitrogens with one attached hydrogen (secondary N) is 1. The van der Waals surface area contributed by atoms with Crippen LogP contribution in [0.4, 0.5) is 0 Å². The number of carbonyl (C=O) groups is 1. The number of amidine groups is 1. The Labute approximate surface area is 110 Å². The van der Waals surface area contributed by atoms with Gasteiger partial charge in [0, 0.05) is 18.9 Å². The Morgan fingerprint density at radius 3 is 2.84 bits per heavy atom. The number of hydrogen-bond acceptors (Lipinski definition) is 5. The Hall–Kier alpha value is -2.05. The van der Waals surface area contributed by atoms with Crippen molar-refractivity contribution < 1.29 is 14.4 Å². The summed E-state index contributed by atoms with van der Waals surface area (Å²) in [5, 5.41) is 14.6. The molecule has 7 heteroatoms. The predicted molar refractivity (Wildman–Crippen MR) is 68.0 cm³/mol. The average molecular weight is 266 g/mol. The van der Waals surface area contributed by atoms with Crippen LogP contribution in [0.1, 0.15) is 41.4 Å². The first-order chi connectivity index (χ1) is 9.02. The Morgan fingerprint density at radius 2 is 2.26 bits per heavy atom. The topological polar surface area (TPSA) is 114 Å². The van der Waals surface area contributed by atoms with Crippen LogP contribution in [-0.2, 0) is 0 Å². The van der Waals surface area contributed by atoms with Crippen molar-refractivity contribution >= 4 is 11.7 Å². The number of carbonyl (C=O) groups excluding carboxylic acids is 1. The van der Waals surface area contributed by atoms with E-state index in [0.717, 1.165) is 19.3 Å². The van der Waals surface area contributed by atoms with Gasteiger partial charge in [0.1, 0.15) is 5.84 Å². The smallest absolute Gasteiger partial charge is 0.289 e. The molecule has 7 nitrogen and oxygen atoms in total. The maximum Gasteiger partial charge on any atom is 0.289 e. The van der Waals surface area contributed by atoms with Gasteiger partial charge >= 0.3 is 0 Å². The molecule has 4 N–H and O–H groups in total. The van der Waals surface area contributed by atoms with E-state index in [1.54, 1.807) is 13.8 Å². The summed E-state index contributed by atoms with van der Waals surface area (Å²) >= 11 is 0. The molecular weight excluding hydrogens is 248 g/mol. The van der Waals surface area contributed by atoms with E-state index in [1.807, 2.05) is 0 Å². The number of nitrogens with two attached hydrogens (primary N) is 1. The summed E-state index contributed by atoms with van der Waals surface area (Å²) in [6, 6.07) is -0.131. The molecule has 2 unspecified atom stereocenters. The third kappa shape index (κ3) is 2.69. The van der Waals surface area contributed by atoms with Crippen molar-refractivity contribution in [1.82, 2.24) is 10.3 Å². The normalized spacial score (nSPS) is 23.6. The molecule has 1 fully saturated rings. The number of nitrogens with zero attached hydrogens (tertiary/aromatic N) is 2. The number of oxime groups is 1.